The third-order valence-electron chi connectivity index (χ3n) is 4.79. The van der Waals surface area contributed by atoms with E-state index in [4.69, 9.17) is 30.8 Å². The van der Waals surface area contributed by atoms with Gasteiger partial charge in [0.1, 0.15) is 10.6 Å². The summed E-state index contributed by atoms with van der Waals surface area (Å²) >= 11 is 1.42. The molecule has 2 aliphatic heterocycles. The molecule has 5 rings (SSSR count). The summed E-state index contributed by atoms with van der Waals surface area (Å²) in [5.41, 5.74) is 1.81. The molecular formula is C19H16N4O3S. The topological polar surface area (TPSA) is 61.1 Å². The first-order chi connectivity index (χ1) is 13.2. The van der Waals surface area contributed by atoms with Crippen LogP contribution in [0.5, 0.6) is 11.5 Å². The average Bonchev–Trinajstić information content (AvgIpc) is 3.31. The van der Waals surface area contributed by atoms with Crippen molar-refractivity contribution in [1.82, 2.24) is 9.97 Å². The normalized spacial score (nSPS) is 15.9. The highest BCUT2D eigenvalue weighted by Gasteiger charge is 2.23. The molecule has 0 amide bonds. The highest BCUT2D eigenvalue weighted by Crippen LogP contribution is 2.42. The SMILES string of the molecule is [C-]#[N+]c1sc2nc(-c3ccc4c(c3)OCO4)nc(N3CCOCC3)c2c1C. The maximum atomic E-state index is 7.46. The van der Waals surface area contributed by atoms with Gasteiger partial charge in [0.05, 0.1) is 19.8 Å². The fourth-order valence-corrected chi connectivity index (χ4v) is 4.34. The molecule has 3 aromatic rings. The lowest BCUT2D eigenvalue weighted by Crippen LogP contribution is -2.37. The number of fused-ring (bicyclic) bond motifs is 2. The van der Waals surface area contributed by atoms with Crippen molar-refractivity contribution < 1.29 is 14.2 Å². The Hall–Kier alpha value is -2.89. The smallest absolute Gasteiger partial charge is 0.246 e. The van der Waals surface area contributed by atoms with E-state index in [0.29, 0.717) is 29.8 Å². The molecule has 1 aromatic carbocycles. The zero-order chi connectivity index (χ0) is 18.4. The molecule has 0 spiro atoms. The van der Waals surface area contributed by atoms with Crippen LogP contribution >= 0.6 is 11.3 Å². The molecule has 0 unspecified atom stereocenters. The van der Waals surface area contributed by atoms with E-state index in [1.54, 1.807) is 0 Å². The van der Waals surface area contributed by atoms with E-state index < -0.39 is 0 Å². The van der Waals surface area contributed by atoms with Crippen molar-refractivity contribution in [3.63, 3.8) is 0 Å². The first-order valence-electron chi connectivity index (χ1n) is 8.66. The molecule has 1 fully saturated rings. The van der Waals surface area contributed by atoms with Gasteiger partial charge in [0.15, 0.2) is 17.3 Å². The van der Waals surface area contributed by atoms with E-state index in [9.17, 15) is 0 Å². The number of aryl methyl sites for hydroxylation is 1. The molecule has 4 heterocycles. The lowest BCUT2D eigenvalue weighted by Gasteiger charge is -2.28. The summed E-state index contributed by atoms with van der Waals surface area (Å²) in [7, 11) is 0. The molecule has 136 valence electrons. The molecule has 2 aromatic heterocycles. The van der Waals surface area contributed by atoms with Crippen LogP contribution in [-0.4, -0.2) is 43.1 Å². The third kappa shape index (κ3) is 2.67. The molecule has 0 bridgehead atoms. The van der Waals surface area contributed by atoms with Gasteiger partial charge in [0, 0.05) is 24.0 Å². The zero-order valence-corrected chi connectivity index (χ0v) is 15.5. The lowest BCUT2D eigenvalue weighted by molar-refractivity contribution is 0.122. The Bertz CT molecular complexity index is 1080. The zero-order valence-electron chi connectivity index (χ0n) is 14.7. The van der Waals surface area contributed by atoms with E-state index >= 15 is 0 Å². The van der Waals surface area contributed by atoms with Gasteiger partial charge < -0.3 is 19.1 Å². The molecule has 8 heteroatoms. The van der Waals surface area contributed by atoms with Crippen molar-refractivity contribution in [1.29, 1.82) is 0 Å². The number of benzene rings is 1. The Kier molecular flexibility index (Phi) is 3.85. The van der Waals surface area contributed by atoms with Crippen LogP contribution in [-0.2, 0) is 4.74 Å². The fraction of sp³-hybridized carbons (Fsp3) is 0.316. The molecule has 0 N–H and O–H groups in total. The number of thiophene rings is 1. The molecule has 0 radical (unpaired) electrons. The Balaban J connectivity index is 1.70. The van der Waals surface area contributed by atoms with E-state index in [2.05, 4.69) is 9.74 Å². The Morgan fingerprint density at radius 2 is 1.96 bits per heavy atom. The van der Waals surface area contributed by atoms with E-state index in [-0.39, 0.29) is 6.79 Å². The second kappa shape index (κ2) is 6.37. The van der Waals surface area contributed by atoms with Gasteiger partial charge in [0.2, 0.25) is 11.8 Å². The van der Waals surface area contributed by atoms with Gasteiger partial charge in [-0.25, -0.2) is 14.8 Å². The van der Waals surface area contributed by atoms with E-state index in [1.165, 1.54) is 11.3 Å². The highest BCUT2D eigenvalue weighted by molar-refractivity contribution is 7.22. The molecule has 27 heavy (non-hydrogen) atoms. The van der Waals surface area contributed by atoms with Crippen LogP contribution in [0.4, 0.5) is 10.8 Å². The molecule has 0 saturated carbocycles. The number of aromatic nitrogens is 2. The molecule has 0 aliphatic carbocycles. The predicted octanol–water partition coefficient (Wildman–Crippen LogP) is 3.78. The van der Waals surface area contributed by atoms with Crippen molar-refractivity contribution in [2.24, 2.45) is 0 Å². The van der Waals surface area contributed by atoms with Crippen LogP contribution in [0.3, 0.4) is 0 Å². The monoisotopic (exact) mass is 380 g/mol. The minimum Gasteiger partial charge on any atom is -0.454 e. The van der Waals surface area contributed by atoms with Crippen molar-refractivity contribution >= 4 is 32.4 Å². The summed E-state index contributed by atoms with van der Waals surface area (Å²) in [4.78, 5) is 16.4. The van der Waals surface area contributed by atoms with Crippen LogP contribution in [0, 0.1) is 13.5 Å². The van der Waals surface area contributed by atoms with Crippen LogP contribution in [0.25, 0.3) is 26.4 Å². The molecule has 2 aliphatic rings. The first kappa shape index (κ1) is 16.3. The van der Waals surface area contributed by atoms with Gasteiger partial charge in [-0.15, -0.1) is 11.3 Å². The Labute approximate surface area is 159 Å². The number of ether oxygens (including phenoxy) is 3. The Morgan fingerprint density at radius 1 is 1.15 bits per heavy atom. The maximum Gasteiger partial charge on any atom is 0.246 e. The molecule has 7 nitrogen and oxygen atoms in total. The number of hydrogen-bond acceptors (Lipinski definition) is 7. The van der Waals surface area contributed by atoms with Gasteiger partial charge >= 0.3 is 0 Å². The summed E-state index contributed by atoms with van der Waals surface area (Å²) in [6.07, 6.45) is 0. The molecule has 1 saturated heterocycles. The van der Waals surface area contributed by atoms with Crippen molar-refractivity contribution in [3.05, 3.63) is 35.2 Å². The number of anilines is 1. The Morgan fingerprint density at radius 3 is 2.78 bits per heavy atom. The van der Waals surface area contributed by atoms with Gasteiger partial charge in [0.25, 0.3) is 0 Å². The summed E-state index contributed by atoms with van der Waals surface area (Å²) in [5.74, 6) is 2.93. The predicted molar refractivity (Wildman–Crippen MR) is 103 cm³/mol. The largest absolute Gasteiger partial charge is 0.454 e. The van der Waals surface area contributed by atoms with E-state index in [1.807, 2.05) is 25.1 Å². The molecule has 0 atom stereocenters. The fourth-order valence-electron chi connectivity index (χ4n) is 3.38. The number of rotatable bonds is 2. The van der Waals surface area contributed by atoms with Gasteiger partial charge in [-0.3, -0.25) is 0 Å². The minimum absolute atomic E-state index is 0.232. The van der Waals surface area contributed by atoms with Crippen LogP contribution in [0.1, 0.15) is 5.56 Å². The van der Waals surface area contributed by atoms with Crippen molar-refractivity contribution in [3.8, 4) is 22.9 Å². The number of hydrogen-bond donors (Lipinski definition) is 0. The third-order valence-corrected chi connectivity index (χ3v) is 5.87. The van der Waals surface area contributed by atoms with Crippen LogP contribution in [0.15, 0.2) is 18.2 Å². The lowest BCUT2D eigenvalue weighted by atomic mass is 10.1. The summed E-state index contributed by atoms with van der Waals surface area (Å²) < 4.78 is 16.4. The second-order valence-corrected chi connectivity index (χ2v) is 7.34. The first-order valence-corrected chi connectivity index (χ1v) is 9.47. The maximum absolute atomic E-state index is 7.46. The minimum atomic E-state index is 0.232. The summed E-state index contributed by atoms with van der Waals surface area (Å²) in [6.45, 7) is 12.5. The second-order valence-electron chi connectivity index (χ2n) is 6.36. The highest BCUT2D eigenvalue weighted by atomic mass is 32.1. The van der Waals surface area contributed by atoms with Crippen LogP contribution in [0.2, 0.25) is 0 Å². The van der Waals surface area contributed by atoms with Crippen molar-refractivity contribution in [2.75, 3.05) is 38.0 Å². The van der Waals surface area contributed by atoms with Crippen molar-refractivity contribution in [2.45, 2.75) is 6.92 Å². The van der Waals surface area contributed by atoms with Gasteiger partial charge in [-0.1, -0.05) is 0 Å². The molecular weight excluding hydrogens is 364 g/mol. The number of nitrogens with zero attached hydrogens (tertiary/aromatic N) is 4. The van der Waals surface area contributed by atoms with Gasteiger partial charge in [-0.05, 0) is 30.7 Å². The van der Waals surface area contributed by atoms with Crippen LogP contribution < -0.4 is 14.4 Å². The summed E-state index contributed by atoms with van der Waals surface area (Å²) in [6, 6.07) is 5.72. The van der Waals surface area contributed by atoms with E-state index in [0.717, 1.165) is 46.0 Å². The summed E-state index contributed by atoms with van der Waals surface area (Å²) in [5, 5.41) is 1.63. The number of morpholine rings is 1. The van der Waals surface area contributed by atoms with Gasteiger partial charge in [-0.2, -0.15) is 0 Å². The quantitative estimate of drug-likeness (QED) is 0.631. The standard InChI is InChI=1S/C19H16N4O3S/c1-11-15-17(23-5-7-24-8-6-23)21-16(22-19(15)27-18(11)20-2)12-3-4-13-14(9-12)26-10-25-13/h3-4,9H,5-8,10H2,1H3. The average molecular weight is 380 g/mol.